The number of hydrogen-bond donors (Lipinski definition) is 2. The Morgan fingerprint density at radius 2 is 1.84 bits per heavy atom. The van der Waals surface area contributed by atoms with Gasteiger partial charge in [-0.1, -0.05) is 23.2 Å². The van der Waals surface area contributed by atoms with Gasteiger partial charge >= 0.3 is 12.1 Å². The summed E-state index contributed by atoms with van der Waals surface area (Å²) >= 11 is 11.5. The van der Waals surface area contributed by atoms with E-state index in [0.29, 0.717) is 18.9 Å². The zero-order chi connectivity index (χ0) is 23.0. The lowest BCUT2D eigenvalue weighted by atomic mass is 10.1. The molecule has 0 radical (unpaired) electrons. The van der Waals surface area contributed by atoms with Crippen LogP contribution in [0, 0.1) is 0 Å². The summed E-state index contributed by atoms with van der Waals surface area (Å²) in [6, 6.07) is 3.32. The third kappa shape index (κ3) is 5.40. The maximum Gasteiger partial charge on any atom is 0.417 e. The lowest BCUT2D eigenvalue weighted by Gasteiger charge is -2.28. The van der Waals surface area contributed by atoms with Crippen molar-refractivity contribution >= 4 is 44.8 Å². The van der Waals surface area contributed by atoms with Gasteiger partial charge in [0.1, 0.15) is 10.7 Å². The third-order valence-electron chi connectivity index (χ3n) is 4.67. The molecule has 168 valence electrons. The number of H-pyrrole nitrogens is 1. The molecular weight excluding hydrogens is 482 g/mol. The smallest absolute Gasteiger partial charge is 0.393 e. The largest absolute Gasteiger partial charge is 0.417 e. The van der Waals surface area contributed by atoms with Crippen LogP contribution in [-0.4, -0.2) is 43.5 Å². The number of pyridine rings is 1. The Kier molecular flexibility index (Phi) is 6.70. The number of aliphatic hydroxyl groups is 1. The number of aromatic nitrogens is 1. The number of aromatic amines is 1. The number of nitrogens with zero attached hydrogens (tertiary/aromatic N) is 1. The van der Waals surface area contributed by atoms with Gasteiger partial charge in [0.15, 0.2) is 6.20 Å². The number of nitrogens with one attached hydrogen (secondary N) is 2. The van der Waals surface area contributed by atoms with Gasteiger partial charge in [-0.15, -0.1) is 0 Å². The van der Waals surface area contributed by atoms with Gasteiger partial charge < -0.3 is 10.0 Å². The number of aliphatic hydroxyl groups excluding tert-OH is 1. The van der Waals surface area contributed by atoms with Crippen molar-refractivity contribution in [2.24, 2.45) is 0 Å². The van der Waals surface area contributed by atoms with Gasteiger partial charge in [-0.3, -0.25) is 9.52 Å². The minimum Gasteiger partial charge on any atom is -0.393 e. The Hall–Kier alpha value is -2.08. The van der Waals surface area contributed by atoms with Crippen molar-refractivity contribution in [2.45, 2.75) is 30.0 Å². The van der Waals surface area contributed by atoms with Crippen LogP contribution in [0.4, 0.5) is 18.9 Å². The highest BCUT2D eigenvalue weighted by Gasteiger charge is 2.35. The average molecular weight is 499 g/mol. The van der Waals surface area contributed by atoms with Crippen LogP contribution in [0.25, 0.3) is 0 Å². The van der Waals surface area contributed by atoms with E-state index in [4.69, 9.17) is 23.2 Å². The molecule has 0 aliphatic carbocycles. The fourth-order valence-corrected chi connectivity index (χ4v) is 4.52. The first-order chi connectivity index (χ1) is 14.4. The van der Waals surface area contributed by atoms with E-state index in [1.54, 1.807) is 0 Å². The van der Waals surface area contributed by atoms with Crippen LogP contribution < -0.4 is 9.71 Å². The van der Waals surface area contributed by atoms with Crippen LogP contribution in [0.3, 0.4) is 0 Å². The quantitative estimate of drug-likeness (QED) is 0.675. The molecule has 1 aliphatic rings. The van der Waals surface area contributed by atoms with E-state index < -0.39 is 43.7 Å². The van der Waals surface area contributed by atoms with Gasteiger partial charge in [0.25, 0.3) is 15.7 Å². The highest BCUT2D eigenvalue weighted by Crippen LogP contribution is 2.36. The minimum absolute atomic E-state index is 0.0652. The van der Waals surface area contributed by atoms with Gasteiger partial charge in [-0.05, 0) is 37.1 Å². The van der Waals surface area contributed by atoms with Crippen LogP contribution in [0.2, 0.25) is 10.0 Å². The van der Waals surface area contributed by atoms with Crippen molar-refractivity contribution in [3.05, 3.63) is 51.8 Å². The Bertz CT molecular complexity index is 1100. The fraction of sp³-hybridized carbons (Fsp3) is 0.333. The van der Waals surface area contributed by atoms with Crippen molar-refractivity contribution in [3.8, 4) is 0 Å². The van der Waals surface area contributed by atoms with Crippen LogP contribution in [0.5, 0.6) is 0 Å². The lowest BCUT2D eigenvalue weighted by Crippen LogP contribution is -2.42. The molecule has 7 nitrogen and oxygen atoms in total. The van der Waals surface area contributed by atoms with Gasteiger partial charge in [0.05, 0.1) is 21.6 Å². The van der Waals surface area contributed by atoms with Gasteiger partial charge in [0, 0.05) is 13.1 Å². The number of alkyl halides is 3. The number of hydrogen-bond acceptors (Lipinski definition) is 4. The molecule has 13 heteroatoms. The second-order valence-electron chi connectivity index (χ2n) is 6.87. The zero-order valence-corrected chi connectivity index (χ0v) is 18.0. The summed E-state index contributed by atoms with van der Waals surface area (Å²) in [7, 11) is -4.52. The summed E-state index contributed by atoms with van der Waals surface area (Å²) in [6.45, 7) is 0.517. The topological polar surface area (TPSA) is 101 Å². The van der Waals surface area contributed by atoms with E-state index in [9.17, 15) is 31.5 Å². The molecule has 0 saturated carbocycles. The molecule has 1 aliphatic heterocycles. The summed E-state index contributed by atoms with van der Waals surface area (Å²) in [4.78, 5) is 16.2. The van der Waals surface area contributed by atoms with E-state index in [2.05, 4.69) is 9.71 Å². The first-order valence-corrected chi connectivity index (χ1v) is 11.2. The van der Waals surface area contributed by atoms with E-state index in [0.717, 1.165) is 12.1 Å². The second-order valence-corrected chi connectivity index (χ2v) is 9.40. The fourth-order valence-electron chi connectivity index (χ4n) is 3.05. The number of piperidine rings is 1. The SMILES string of the molecule is O=C(c1[nH+]cc(Cl)cc1NS(=O)(=O)c1ccc(Cl)c(C(F)(F)F)c1)N1CCC(O)CC1. The molecule has 0 bridgehead atoms. The van der Waals surface area contributed by atoms with Gasteiger partial charge in [-0.25, -0.2) is 13.4 Å². The van der Waals surface area contributed by atoms with Crippen molar-refractivity contribution in [1.82, 2.24) is 4.90 Å². The zero-order valence-electron chi connectivity index (χ0n) is 15.7. The monoisotopic (exact) mass is 498 g/mol. The molecule has 0 atom stereocenters. The molecule has 1 aromatic carbocycles. The van der Waals surface area contributed by atoms with Gasteiger partial charge in [0.2, 0.25) is 0 Å². The Balaban J connectivity index is 1.95. The van der Waals surface area contributed by atoms with Crippen LogP contribution in [0.1, 0.15) is 28.9 Å². The minimum atomic E-state index is -4.85. The molecule has 0 unspecified atom stereocenters. The molecule has 1 saturated heterocycles. The second kappa shape index (κ2) is 8.81. The molecule has 0 spiro atoms. The third-order valence-corrected chi connectivity index (χ3v) is 6.58. The first kappa shape index (κ1) is 23.6. The molecule has 1 fully saturated rings. The number of likely N-dealkylation sites (tertiary alicyclic amines) is 1. The first-order valence-electron chi connectivity index (χ1n) is 8.96. The predicted octanol–water partition coefficient (Wildman–Crippen LogP) is 3.22. The molecule has 2 aromatic rings. The predicted molar refractivity (Wildman–Crippen MR) is 106 cm³/mol. The van der Waals surface area contributed by atoms with Crippen LogP contribution in [-0.2, 0) is 16.2 Å². The summed E-state index contributed by atoms with van der Waals surface area (Å²) in [6.07, 6.45) is -3.37. The molecule has 3 N–H and O–H groups in total. The number of carbonyl (C=O) groups excluding carboxylic acids is 1. The number of sulfonamides is 1. The molecule has 1 amide bonds. The van der Waals surface area contributed by atoms with Crippen molar-refractivity contribution in [2.75, 3.05) is 17.8 Å². The summed E-state index contributed by atoms with van der Waals surface area (Å²) in [5.41, 5.74) is -1.68. The van der Waals surface area contributed by atoms with E-state index >= 15 is 0 Å². The van der Waals surface area contributed by atoms with Crippen molar-refractivity contribution in [1.29, 1.82) is 0 Å². The number of carbonyl (C=O) groups is 1. The number of halogens is 5. The number of rotatable bonds is 4. The number of amides is 1. The van der Waals surface area contributed by atoms with Crippen molar-refractivity contribution in [3.63, 3.8) is 0 Å². The standard InChI is InChI=1S/C18H16Cl2F3N3O4S/c19-10-7-15(16(24-9-10)17(28)26-5-3-11(27)4-6-26)25-31(29,30)12-1-2-14(20)13(8-12)18(21,22)23/h1-2,7-9,11,25,27H,3-6H2/p+1. The molecule has 31 heavy (non-hydrogen) atoms. The average Bonchev–Trinajstić information content (AvgIpc) is 2.67. The molecule has 1 aromatic heterocycles. The summed E-state index contributed by atoms with van der Waals surface area (Å²) in [5, 5.41) is 9.02. The maximum atomic E-state index is 13.1. The number of anilines is 1. The highest BCUT2D eigenvalue weighted by molar-refractivity contribution is 7.92. The number of benzene rings is 1. The Morgan fingerprint density at radius 1 is 1.19 bits per heavy atom. The summed E-state index contributed by atoms with van der Waals surface area (Å²) in [5.74, 6) is -0.548. The van der Waals surface area contributed by atoms with Crippen LogP contribution >= 0.6 is 23.2 Å². The Labute approximate surface area is 185 Å². The summed E-state index contributed by atoms with van der Waals surface area (Å²) < 4.78 is 67.0. The van der Waals surface area contributed by atoms with E-state index in [1.807, 2.05) is 0 Å². The molecule has 3 rings (SSSR count). The maximum absolute atomic E-state index is 13.1. The highest BCUT2D eigenvalue weighted by atomic mass is 35.5. The Morgan fingerprint density at radius 3 is 2.45 bits per heavy atom. The van der Waals surface area contributed by atoms with E-state index in [-0.39, 0.29) is 29.5 Å². The molecule has 2 heterocycles. The lowest BCUT2D eigenvalue weighted by molar-refractivity contribution is -0.381. The van der Waals surface area contributed by atoms with Crippen LogP contribution in [0.15, 0.2) is 35.4 Å². The van der Waals surface area contributed by atoms with Crippen molar-refractivity contribution < 1.29 is 36.5 Å². The normalized spacial score (nSPS) is 15.7. The van der Waals surface area contributed by atoms with E-state index in [1.165, 1.54) is 17.2 Å². The van der Waals surface area contributed by atoms with Gasteiger partial charge in [-0.2, -0.15) is 13.2 Å². The molecular formula is C18H17Cl2F3N3O4S+.